The van der Waals surface area contributed by atoms with Gasteiger partial charge < -0.3 is 14.8 Å². The number of carbonyl (C=O) groups is 3. The molecular weight excluding hydrogens is 360 g/mol. The molecule has 2 saturated heterocycles. The summed E-state index contributed by atoms with van der Waals surface area (Å²) in [6.07, 6.45) is 2.64. The minimum absolute atomic E-state index is 0.0935. The van der Waals surface area contributed by atoms with Crippen LogP contribution < -0.4 is 5.32 Å². The highest BCUT2D eigenvalue weighted by Gasteiger charge is 2.67. The van der Waals surface area contributed by atoms with Crippen LogP contribution in [0.2, 0.25) is 0 Å². The van der Waals surface area contributed by atoms with Crippen LogP contribution in [0.25, 0.3) is 0 Å². The number of rotatable bonds is 6. The third-order valence-electron chi connectivity index (χ3n) is 5.49. The Labute approximate surface area is 163 Å². The van der Waals surface area contributed by atoms with E-state index in [1.54, 1.807) is 6.08 Å². The van der Waals surface area contributed by atoms with E-state index >= 15 is 0 Å². The van der Waals surface area contributed by atoms with E-state index in [1.165, 1.54) is 4.90 Å². The molecule has 0 radical (unpaired) electrons. The maximum absolute atomic E-state index is 13.1. The van der Waals surface area contributed by atoms with Crippen molar-refractivity contribution < 1.29 is 23.9 Å². The molecule has 1 N–H and O–H groups in total. The van der Waals surface area contributed by atoms with Crippen LogP contribution in [0, 0.1) is 17.8 Å². The molecule has 3 aliphatic rings. The summed E-state index contributed by atoms with van der Waals surface area (Å²) < 4.78 is 11.1. The molecule has 3 aliphatic heterocycles. The Bertz CT molecular complexity index is 821. The number of benzene rings is 1. The van der Waals surface area contributed by atoms with Crippen LogP contribution in [0.4, 0.5) is 4.79 Å². The fraction of sp³-hybridized carbons (Fsp3) is 0.476. The molecule has 0 aromatic heterocycles. The molecular formula is C21H24N2O5. The van der Waals surface area contributed by atoms with Crippen LogP contribution in [-0.4, -0.2) is 47.7 Å². The van der Waals surface area contributed by atoms with Gasteiger partial charge in [-0.1, -0.05) is 56.3 Å². The Balaban J connectivity index is 1.48. The summed E-state index contributed by atoms with van der Waals surface area (Å²) in [6.45, 7) is 4.55. The number of hydrogen-bond acceptors (Lipinski definition) is 5. The lowest BCUT2D eigenvalue weighted by Gasteiger charge is -2.29. The lowest BCUT2D eigenvalue weighted by atomic mass is 9.77. The lowest BCUT2D eigenvalue weighted by molar-refractivity contribution is -0.144. The number of ether oxygens (including phenoxy) is 2. The molecule has 1 aromatic rings. The molecule has 2 fully saturated rings. The number of hydrogen-bond donors (Lipinski definition) is 1. The first kappa shape index (κ1) is 18.7. The zero-order valence-corrected chi connectivity index (χ0v) is 16.0. The maximum atomic E-state index is 13.1. The first-order valence-electron chi connectivity index (χ1n) is 9.58. The molecule has 0 spiro atoms. The summed E-state index contributed by atoms with van der Waals surface area (Å²) in [5.41, 5.74) is -0.0977. The van der Waals surface area contributed by atoms with Crippen molar-refractivity contribution in [2.24, 2.45) is 17.8 Å². The number of imide groups is 1. The number of nitrogens with zero attached hydrogens (tertiary/aromatic N) is 1. The number of nitrogens with one attached hydrogen (secondary N) is 1. The molecule has 7 nitrogen and oxygen atoms in total. The fourth-order valence-corrected chi connectivity index (χ4v) is 4.19. The zero-order chi connectivity index (χ0) is 19.9. The summed E-state index contributed by atoms with van der Waals surface area (Å²) in [5.74, 6) is -1.38. The van der Waals surface area contributed by atoms with Gasteiger partial charge in [-0.3, -0.25) is 14.5 Å². The standard InChI is InChI=1S/C21H24N2O5/c1-13(2)11-27-20(26)22-12-21-9-8-15(28-21)16-17(21)19(25)23(18(16)24)10-14-6-4-3-5-7-14/h3-9,13,15-17H,10-12H2,1-2H3,(H,22,26)/t15-,16-,17+,21-/m1/s1. The second-order valence-electron chi connectivity index (χ2n) is 7.99. The van der Waals surface area contributed by atoms with E-state index in [9.17, 15) is 14.4 Å². The molecule has 4 atom stereocenters. The van der Waals surface area contributed by atoms with Gasteiger partial charge in [0.1, 0.15) is 5.60 Å². The molecule has 3 heterocycles. The average Bonchev–Trinajstić information content (AvgIpc) is 3.32. The Morgan fingerprint density at radius 1 is 1.25 bits per heavy atom. The van der Waals surface area contributed by atoms with Gasteiger partial charge in [0.25, 0.3) is 0 Å². The highest BCUT2D eigenvalue weighted by Crippen LogP contribution is 2.51. The monoisotopic (exact) mass is 384 g/mol. The Morgan fingerprint density at radius 2 is 2.00 bits per heavy atom. The number of carbonyl (C=O) groups excluding carboxylic acids is 3. The van der Waals surface area contributed by atoms with Crippen LogP contribution in [0.3, 0.4) is 0 Å². The molecule has 0 aliphatic carbocycles. The van der Waals surface area contributed by atoms with E-state index in [1.807, 2.05) is 50.3 Å². The van der Waals surface area contributed by atoms with Crippen molar-refractivity contribution in [3.8, 4) is 0 Å². The van der Waals surface area contributed by atoms with E-state index in [4.69, 9.17) is 9.47 Å². The van der Waals surface area contributed by atoms with E-state index < -0.39 is 29.6 Å². The van der Waals surface area contributed by atoms with E-state index in [0.29, 0.717) is 6.61 Å². The van der Waals surface area contributed by atoms with Gasteiger partial charge in [-0.2, -0.15) is 0 Å². The van der Waals surface area contributed by atoms with Gasteiger partial charge in [-0.05, 0) is 11.5 Å². The van der Waals surface area contributed by atoms with Crippen LogP contribution in [0.5, 0.6) is 0 Å². The predicted molar refractivity (Wildman–Crippen MR) is 99.9 cm³/mol. The van der Waals surface area contributed by atoms with E-state index in [2.05, 4.69) is 5.32 Å². The van der Waals surface area contributed by atoms with Gasteiger partial charge in [0.15, 0.2) is 0 Å². The average molecular weight is 384 g/mol. The fourth-order valence-electron chi connectivity index (χ4n) is 4.19. The number of fused-ring (bicyclic) bond motifs is 5. The van der Waals surface area contributed by atoms with Crippen molar-refractivity contribution in [1.82, 2.24) is 10.2 Å². The summed E-state index contributed by atoms with van der Waals surface area (Å²) in [7, 11) is 0. The third-order valence-corrected chi connectivity index (χ3v) is 5.49. The highest BCUT2D eigenvalue weighted by molar-refractivity contribution is 6.07. The Hall–Kier alpha value is -2.67. The third kappa shape index (κ3) is 3.09. The topological polar surface area (TPSA) is 84.9 Å². The molecule has 148 valence electrons. The molecule has 4 rings (SSSR count). The van der Waals surface area contributed by atoms with Gasteiger partial charge in [-0.25, -0.2) is 4.79 Å². The Morgan fingerprint density at radius 3 is 2.71 bits per heavy atom. The van der Waals surface area contributed by atoms with Gasteiger partial charge in [0.2, 0.25) is 11.8 Å². The summed E-state index contributed by atoms with van der Waals surface area (Å²) in [6, 6.07) is 9.43. The van der Waals surface area contributed by atoms with Gasteiger partial charge in [0, 0.05) is 0 Å². The van der Waals surface area contributed by atoms with Crippen LogP contribution >= 0.6 is 0 Å². The van der Waals surface area contributed by atoms with Crippen LogP contribution in [0.15, 0.2) is 42.5 Å². The van der Waals surface area contributed by atoms with E-state index in [0.717, 1.165) is 5.56 Å². The van der Waals surface area contributed by atoms with E-state index in [-0.39, 0.29) is 30.8 Å². The lowest BCUT2D eigenvalue weighted by Crippen LogP contribution is -2.48. The first-order valence-corrected chi connectivity index (χ1v) is 9.58. The van der Waals surface area contributed by atoms with Crippen molar-refractivity contribution >= 4 is 17.9 Å². The van der Waals surface area contributed by atoms with Crippen molar-refractivity contribution in [3.05, 3.63) is 48.0 Å². The van der Waals surface area contributed by atoms with Gasteiger partial charge >= 0.3 is 6.09 Å². The minimum Gasteiger partial charge on any atom is -0.449 e. The van der Waals surface area contributed by atoms with Crippen LogP contribution in [0.1, 0.15) is 19.4 Å². The molecule has 2 bridgehead atoms. The molecule has 0 saturated carbocycles. The minimum atomic E-state index is -0.996. The molecule has 7 heteroatoms. The van der Waals surface area contributed by atoms with Gasteiger partial charge in [-0.15, -0.1) is 0 Å². The van der Waals surface area contributed by atoms with Gasteiger partial charge in [0.05, 0.1) is 37.6 Å². The molecule has 28 heavy (non-hydrogen) atoms. The maximum Gasteiger partial charge on any atom is 0.407 e. The zero-order valence-electron chi connectivity index (χ0n) is 16.0. The van der Waals surface area contributed by atoms with Crippen molar-refractivity contribution in [2.45, 2.75) is 32.1 Å². The number of likely N-dealkylation sites (tertiary alicyclic amines) is 1. The second-order valence-corrected chi connectivity index (χ2v) is 7.99. The summed E-state index contributed by atoms with van der Waals surface area (Å²) in [5, 5.41) is 2.69. The number of alkyl carbamates (subject to hydrolysis) is 1. The largest absolute Gasteiger partial charge is 0.449 e. The summed E-state index contributed by atoms with van der Waals surface area (Å²) >= 11 is 0. The Kier molecular flexibility index (Phi) is 4.71. The van der Waals surface area contributed by atoms with Crippen molar-refractivity contribution in [1.29, 1.82) is 0 Å². The molecule has 1 aromatic carbocycles. The van der Waals surface area contributed by atoms with Crippen LogP contribution in [-0.2, 0) is 25.6 Å². The normalized spacial score (nSPS) is 30.2. The van der Waals surface area contributed by atoms with Crippen molar-refractivity contribution in [2.75, 3.05) is 13.2 Å². The quantitative estimate of drug-likeness (QED) is 0.598. The predicted octanol–water partition coefficient (Wildman–Crippen LogP) is 1.88. The SMILES string of the molecule is CC(C)COC(=O)NC[C@@]12C=C[C@@H](O1)[C@H]1C(=O)N(Cc3ccccc3)C(=O)[C@H]12. The number of amides is 3. The molecule has 3 amide bonds. The summed E-state index contributed by atoms with van der Waals surface area (Å²) in [4.78, 5) is 39.3. The van der Waals surface area contributed by atoms with Crippen molar-refractivity contribution in [3.63, 3.8) is 0 Å². The smallest absolute Gasteiger partial charge is 0.407 e. The molecule has 0 unspecified atom stereocenters. The highest BCUT2D eigenvalue weighted by atomic mass is 16.6. The first-order chi connectivity index (χ1) is 13.4. The second kappa shape index (κ2) is 7.05.